The fourth-order valence-electron chi connectivity index (χ4n) is 2.07. The predicted octanol–water partition coefficient (Wildman–Crippen LogP) is 3.65. The van der Waals surface area contributed by atoms with Gasteiger partial charge in [0.2, 0.25) is 0 Å². The molecule has 3 heteroatoms. The molecule has 0 aliphatic carbocycles. The molecule has 0 saturated heterocycles. The van der Waals surface area contributed by atoms with E-state index in [1.54, 1.807) is 6.92 Å². The molecule has 0 bridgehead atoms. The first-order chi connectivity index (χ1) is 9.50. The zero-order valence-corrected chi connectivity index (χ0v) is 12.9. The third-order valence-electron chi connectivity index (χ3n) is 3.57. The number of hydrogen-bond acceptors (Lipinski definition) is 2. The summed E-state index contributed by atoms with van der Waals surface area (Å²) in [7, 11) is -1.21. The molecule has 106 valence electrons. The number of aryl methyl sites for hydroxylation is 1. The van der Waals surface area contributed by atoms with Gasteiger partial charge in [-0.15, -0.1) is 0 Å². The normalized spacial score (nSPS) is 15.6. The summed E-state index contributed by atoms with van der Waals surface area (Å²) < 4.78 is 12.7. The highest BCUT2D eigenvalue weighted by Crippen LogP contribution is 2.28. The average Bonchev–Trinajstić information content (AvgIpc) is 2.46. The molecule has 2 nitrogen and oxygen atoms in total. The molecule has 0 aromatic heterocycles. The van der Waals surface area contributed by atoms with E-state index in [0.717, 1.165) is 20.9 Å². The Labute approximate surface area is 122 Å². The molecule has 0 aliphatic rings. The van der Waals surface area contributed by atoms with Crippen LogP contribution in [0.1, 0.15) is 30.9 Å². The van der Waals surface area contributed by atoms with Crippen LogP contribution in [0.2, 0.25) is 0 Å². The summed E-state index contributed by atoms with van der Waals surface area (Å²) in [5.74, 6) is -0.0411. The van der Waals surface area contributed by atoms with Crippen molar-refractivity contribution in [1.82, 2.24) is 0 Å². The molecular formula is C17H20O2S. The Balaban J connectivity index is 2.42. The van der Waals surface area contributed by atoms with Gasteiger partial charge in [-0.3, -0.25) is 0 Å². The van der Waals surface area contributed by atoms with Gasteiger partial charge in [0.25, 0.3) is 0 Å². The van der Waals surface area contributed by atoms with Crippen LogP contribution in [-0.4, -0.2) is 15.4 Å². The molecule has 1 N–H and O–H groups in total. The Morgan fingerprint density at radius 2 is 1.60 bits per heavy atom. The van der Waals surface area contributed by atoms with Gasteiger partial charge < -0.3 is 5.11 Å². The second-order valence-electron chi connectivity index (χ2n) is 5.15. The van der Waals surface area contributed by atoms with Gasteiger partial charge in [-0.2, -0.15) is 0 Å². The Hall–Kier alpha value is -1.45. The first-order valence-corrected chi connectivity index (χ1v) is 7.91. The summed E-state index contributed by atoms with van der Waals surface area (Å²) in [5.41, 5.74) is 2.10. The number of aliphatic hydroxyl groups excluding tert-OH is 1. The molecule has 0 aliphatic heterocycles. The van der Waals surface area contributed by atoms with Gasteiger partial charge in [0.15, 0.2) is 0 Å². The lowest BCUT2D eigenvalue weighted by molar-refractivity contribution is 0.168. The highest BCUT2D eigenvalue weighted by Gasteiger charge is 2.19. The molecule has 0 spiro atoms. The van der Waals surface area contributed by atoms with Crippen molar-refractivity contribution in [3.05, 3.63) is 59.7 Å². The minimum atomic E-state index is -1.21. The standard InChI is InChI=1S/C17H20O2S/c1-12-8-10-15(11-9-12)20(19)17-7-5-4-6-16(17)13(2)14(3)18/h4-11,13-14,18H,1-3H3. The van der Waals surface area contributed by atoms with Crippen molar-refractivity contribution >= 4 is 10.8 Å². The van der Waals surface area contributed by atoms with Gasteiger partial charge in [-0.1, -0.05) is 42.8 Å². The van der Waals surface area contributed by atoms with E-state index in [0.29, 0.717) is 0 Å². The van der Waals surface area contributed by atoms with Gasteiger partial charge in [0.1, 0.15) is 0 Å². The summed E-state index contributed by atoms with van der Waals surface area (Å²) in [4.78, 5) is 1.57. The third-order valence-corrected chi connectivity index (χ3v) is 5.04. The molecule has 2 aromatic rings. The van der Waals surface area contributed by atoms with E-state index in [1.807, 2.05) is 62.4 Å². The van der Waals surface area contributed by atoms with Crippen LogP contribution in [0, 0.1) is 6.92 Å². The van der Waals surface area contributed by atoms with E-state index in [9.17, 15) is 9.32 Å². The molecule has 2 aromatic carbocycles. The molecule has 3 atom stereocenters. The van der Waals surface area contributed by atoms with Crippen molar-refractivity contribution in [3.63, 3.8) is 0 Å². The molecule has 0 amide bonds. The lowest BCUT2D eigenvalue weighted by Crippen LogP contribution is -2.13. The number of rotatable bonds is 4. The summed E-state index contributed by atoms with van der Waals surface area (Å²) >= 11 is 0. The Morgan fingerprint density at radius 3 is 2.20 bits per heavy atom. The maximum absolute atomic E-state index is 12.7. The number of hydrogen-bond donors (Lipinski definition) is 1. The van der Waals surface area contributed by atoms with Crippen LogP contribution in [0.4, 0.5) is 0 Å². The lowest BCUT2D eigenvalue weighted by atomic mass is 9.96. The number of benzene rings is 2. The van der Waals surface area contributed by atoms with Gasteiger partial charge in [0.05, 0.1) is 16.9 Å². The fourth-order valence-corrected chi connectivity index (χ4v) is 3.38. The highest BCUT2D eigenvalue weighted by atomic mass is 32.2. The Kier molecular flexibility index (Phi) is 4.73. The second-order valence-corrected chi connectivity index (χ2v) is 6.60. The van der Waals surface area contributed by atoms with E-state index in [4.69, 9.17) is 0 Å². The van der Waals surface area contributed by atoms with E-state index in [2.05, 4.69) is 0 Å². The molecule has 0 heterocycles. The maximum Gasteiger partial charge on any atom is 0.0852 e. The van der Waals surface area contributed by atoms with Crippen LogP contribution in [0.25, 0.3) is 0 Å². The van der Waals surface area contributed by atoms with Gasteiger partial charge in [-0.25, -0.2) is 4.21 Å². The maximum atomic E-state index is 12.7. The minimum absolute atomic E-state index is 0.0411. The monoisotopic (exact) mass is 288 g/mol. The van der Waals surface area contributed by atoms with Crippen molar-refractivity contribution in [2.45, 2.75) is 42.6 Å². The van der Waals surface area contributed by atoms with Crippen LogP contribution < -0.4 is 0 Å². The van der Waals surface area contributed by atoms with Crippen LogP contribution in [0.15, 0.2) is 58.3 Å². The summed E-state index contributed by atoms with van der Waals surface area (Å²) in [6.07, 6.45) is -0.467. The van der Waals surface area contributed by atoms with E-state index < -0.39 is 16.9 Å². The van der Waals surface area contributed by atoms with Gasteiger partial charge >= 0.3 is 0 Å². The predicted molar refractivity (Wildman–Crippen MR) is 82.4 cm³/mol. The Morgan fingerprint density at radius 1 is 1.00 bits per heavy atom. The summed E-state index contributed by atoms with van der Waals surface area (Å²) in [6, 6.07) is 15.4. The van der Waals surface area contributed by atoms with Crippen molar-refractivity contribution in [3.8, 4) is 0 Å². The summed E-state index contributed by atoms with van der Waals surface area (Å²) in [5, 5.41) is 9.79. The quantitative estimate of drug-likeness (QED) is 0.932. The third kappa shape index (κ3) is 3.17. The fraction of sp³-hybridized carbons (Fsp3) is 0.294. The van der Waals surface area contributed by atoms with Crippen molar-refractivity contribution < 1.29 is 9.32 Å². The number of aliphatic hydroxyl groups is 1. The van der Waals surface area contributed by atoms with Crippen molar-refractivity contribution in [2.75, 3.05) is 0 Å². The second kappa shape index (κ2) is 6.33. The van der Waals surface area contributed by atoms with Crippen LogP contribution in [0.3, 0.4) is 0 Å². The van der Waals surface area contributed by atoms with E-state index in [1.165, 1.54) is 0 Å². The van der Waals surface area contributed by atoms with Crippen LogP contribution in [0.5, 0.6) is 0 Å². The molecule has 2 rings (SSSR count). The zero-order valence-electron chi connectivity index (χ0n) is 12.0. The largest absolute Gasteiger partial charge is 0.393 e. The molecular weight excluding hydrogens is 268 g/mol. The first-order valence-electron chi connectivity index (χ1n) is 6.76. The zero-order chi connectivity index (χ0) is 14.7. The summed E-state index contributed by atoms with van der Waals surface area (Å²) in [6.45, 7) is 5.72. The van der Waals surface area contributed by atoms with E-state index in [-0.39, 0.29) is 5.92 Å². The molecule has 0 radical (unpaired) electrons. The van der Waals surface area contributed by atoms with Crippen LogP contribution in [-0.2, 0) is 10.8 Å². The van der Waals surface area contributed by atoms with Crippen molar-refractivity contribution in [1.29, 1.82) is 0 Å². The average molecular weight is 288 g/mol. The van der Waals surface area contributed by atoms with Gasteiger partial charge in [-0.05, 0) is 37.6 Å². The molecule has 0 fully saturated rings. The highest BCUT2D eigenvalue weighted by molar-refractivity contribution is 7.85. The SMILES string of the molecule is Cc1ccc(S(=O)c2ccccc2C(C)C(C)O)cc1. The van der Waals surface area contributed by atoms with Crippen LogP contribution >= 0.6 is 0 Å². The minimum Gasteiger partial charge on any atom is -0.393 e. The van der Waals surface area contributed by atoms with Gasteiger partial charge in [0, 0.05) is 15.7 Å². The lowest BCUT2D eigenvalue weighted by Gasteiger charge is -2.18. The molecule has 3 unspecified atom stereocenters. The Bertz CT molecular complexity index is 603. The van der Waals surface area contributed by atoms with E-state index >= 15 is 0 Å². The smallest absolute Gasteiger partial charge is 0.0852 e. The molecule has 20 heavy (non-hydrogen) atoms. The topological polar surface area (TPSA) is 37.3 Å². The first kappa shape index (κ1) is 14.9. The molecule has 0 saturated carbocycles. The van der Waals surface area contributed by atoms with Crippen molar-refractivity contribution in [2.24, 2.45) is 0 Å².